The lowest BCUT2D eigenvalue weighted by Crippen LogP contribution is -1.83. The van der Waals surface area contributed by atoms with Gasteiger partial charge >= 0.3 is 0 Å². The predicted molar refractivity (Wildman–Crippen MR) is 71.4 cm³/mol. The number of nitrogens with zero attached hydrogens (tertiary/aromatic N) is 3. The fourth-order valence-corrected chi connectivity index (χ4v) is 2.11. The van der Waals surface area contributed by atoms with Gasteiger partial charge in [-0.25, -0.2) is 9.97 Å². The van der Waals surface area contributed by atoms with Crippen molar-refractivity contribution in [3.63, 3.8) is 0 Å². The zero-order valence-corrected chi connectivity index (χ0v) is 10.3. The van der Waals surface area contributed by atoms with Gasteiger partial charge in [0.25, 0.3) is 0 Å². The Bertz CT molecular complexity index is 693. The van der Waals surface area contributed by atoms with E-state index in [9.17, 15) is 0 Å². The Balaban J connectivity index is 1.66. The van der Waals surface area contributed by atoms with E-state index in [2.05, 4.69) is 25.1 Å². The number of aromatic nitrogens is 5. The molecule has 1 aliphatic carbocycles. The number of hydrogen-bond acceptors (Lipinski definition) is 3. The summed E-state index contributed by atoms with van der Waals surface area (Å²) >= 11 is 0. The van der Waals surface area contributed by atoms with E-state index in [1.807, 2.05) is 30.3 Å². The molecule has 1 saturated carbocycles. The van der Waals surface area contributed by atoms with Crippen LogP contribution in [-0.2, 0) is 0 Å². The number of rotatable bonds is 3. The molecule has 0 unspecified atom stereocenters. The van der Waals surface area contributed by atoms with Gasteiger partial charge in [0.2, 0.25) is 0 Å². The highest BCUT2D eigenvalue weighted by molar-refractivity contribution is 5.59. The molecular formula is C14H13N5. The van der Waals surface area contributed by atoms with E-state index in [0.717, 1.165) is 22.9 Å². The first-order valence-electron chi connectivity index (χ1n) is 6.43. The maximum absolute atomic E-state index is 4.51. The van der Waals surface area contributed by atoms with Crippen LogP contribution in [0.4, 0.5) is 0 Å². The van der Waals surface area contributed by atoms with E-state index in [1.54, 1.807) is 6.20 Å². The van der Waals surface area contributed by atoms with Gasteiger partial charge in [-0.3, -0.25) is 5.10 Å². The van der Waals surface area contributed by atoms with Crippen LogP contribution < -0.4 is 0 Å². The minimum absolute atomic E-state index is 0.581. The second-order valence-electron chi connectivity index (χ2n) is 4.83. The van der Waals surface area contributed by atoms with Crippen molar-refractivity contribution >= 4 is 0 Å². The molecule has 5 heteroatoms. The summed E-state index contributed by atoms with van der Waals surface area (Å²) in [4.78, 5) is 12.2. The minimum atomic E-state index is 0.581. The molecular weight excluding hydrogens is 238 g/mol. The third-order valence-electron chi connectivity index (χ3n) is 3.33. The van der Waals surface area contributed by atoms with Crippen molar-refractivity contribution in [1.82, 2.24) is 25.1 Å². The summed E-state index contributed by atoms with van der Waals surface area (Å²) in [7, 11) is 0. The standard InChI is InChI=1S/C14H13N5/c1-2-4-9(5-3-1)12-15-8-11(16-12)14-17-13(18-19-14)10-6-7-10/h1-5,8,10H,6-7H2,(H,15,16)(H,17,18,19). The topological polar surface area (TPSA) is 70.2 Å². The SMILES string of the molecule is c1ccc(-c2ncc(-c3n[nH]c(C4CC4)n3)[nH]2)cc1. The molecule has 3 aromatic rings. The maximum Gasteiger partial charge on any atom is 0.199 e. The average molecular weight is 251 g/mol. The van der Waals surface area contributed by atoms with Gasteiger partial charge in [-0.2, -0.15) is 5.10 Å². The van der Waals surface area contributed by atoms with Gasteiger partial charge in [-0.15, -0.1) is 0 Å². The maximum atomic E-state index is 4.51. The molecule has 94 valence electrons. The number of imidazole rings is 1. The number of hydrogen-bond donors (Lipinski definition) is 2. The van der Waals surface area contributed by atoms with Crippen LogP contribution in [0.1, 0.15) is 24.6 Å². The average Bonchev–Trinajstić information content (AvgIpc) is 3.01. The first kappa shape index (κ1) is 10.5. The summed E-state index contributed by atoms with van der Waals surface area (Å²) in [5.41, 5.74) is 1.91. The molecule has 1 fully saturated rings. The predicted octanol–water partition coefficient (Wildman–Crippen LogP) is 2.74. The monoisotopic (exact) mass is 251 g/mol. The van der Waals surface area contributed by atoms with Crippen LogP contribution in [0.3, 0.4) is 0 Å². The van der Waals surface area contributed by atoms with Crippen LogP contribution in [0.5, 0.6) is 0 Å². The molecule has 2 heterocycles. The Morgan fingerprint density at radius 2 is 1.95 bits per heavy atom. The normalized spacial score (nSPS) is 14.7. The van der Waals surface area contributed by atoms with Crippen molar-refractivity contribution in [2.45, 2.75) is 18.8 Å². The van der Waals surface area contributed by atoms with E-state index in [4.69, 9.17) is 0 Å². The molecule has 1 aromatic carbocycles. The zero-order chi connectivity index (χ0) is 12.7. The lowest BCUT2D eigenvalue weighted by molar-refractivity contribution is 0.935. The highest BCUT2D eigenvalue weighted by Gasteiger charge is 2.27. The summed E-state index contributed by atoms with van der Waals surface area (Å²) in [5.74, 6) is 3.11. The first-order valence-corrected chi connectivity index (χ1v) is 6.43. The molecule has 0 aliphatic heterocycles. The molecule has 0 spiro atoms. The second kappa shape index (κ2) is 4.05. The van der Waals surface area contributed by atoms with Crippen LogP contribution in [-0.4, -0.2) is 25.1 Å². The van der Waals surface area contributed by atoms with Crippen molar-refractivity contribution in [1.29, 1.82) is 0 Å². The van der Waals surface area contributed by atoms with Crippen LogP contribution >= 0.6 is 0 Å². The molecule has 0 bridgehead atoms. The van der Waals surface area contributed by atoms with Crippen LogP contribution in [0.15, 0.2) is 36.5 Å². The van der Waals surface area contributed by atoms with Crippen molar-refractivity contribution in [3.05, 3.63) is 42.4 Å². The lowest BCUT2D eigenvalue weighted by Gasteiger charge is -1.94. The number of benzene rings is 1. The molecule has 2 N–H and O–H groups in total. The summed E-state index contributed by atoms with van der Waals surface area (Å²) < 4.78 is 0. The Morgan fingerprint density at radius 1 is 1.11 bits per heavy atom. The minimum Gasteiger partial charge on any atom is -0.335 e. The molecule has 5 nitrogen and oxygen atoms in total. The van der Waals surface area contributed by atoms with Gasteiger partial charge in [0, 0.05) is 11.5 Å². The van der Waals surface area contributed by atoms with E-state index in [-0.39, 0.29) is 0 Å². The Hall–Kier alpha value is -2.43. The molecule has 0 radical (unpaired) electrons. The smallest absolute Gasteiger partial charge is 0.199 e. The van der Waals surface area contributed by atoms with Gasteiger partial charge in [0.05, 0.1) is 6.20 Å². The zero-order valence-electron chi connectivity index (χ0n) is 10.3. The highest BCUT2D eigenvalue weighted by atomic mass is 15.2. The highest BCUT2D eigenvalue weighted by Crippen LogP contribution is 2.38. The Morgan fingerprint density at radius 3 is 2.74 bits per heavy atom. The largest absolute Gasteiger partial charge is 0.335 e. The third-order valence-corrected chi connectivity index (χ3v) is 3.33. The Labute approximate surface area is 110 Å². The molecule has 2 aromatic heterocycles. The van der Waals surface area contributed by atoms with Crippen molar-refractivity contribution in [2.75, 3.05) is 0 Å². The molecule has 0 amide bonds. The molecule has 19 heavy (non-hydrogen) atoms. The molecule has 0 atom stereocenters. The van der Waals surface area contributed by atoms with Crippen LogP contribution in [0, 0.1) is 0 Å². The van der Waals surface area contributed by atoms with Crippen LogP contribution in [0.2, 0.25) is 0 Å². The van der Waals surface area contributed by atoms with E-state index in [1.165, 1.54) is 12.8 Å². The summed E-state index contributed by atoms with van der Waals surface area (Å²) in [5, 5.41) is 7.25. The van der Waals surface area contributed by atoms with Crippen molar-refractivity contribution < 1.29 is 0 Å². The van der Waals surface area contributed by atoms with E-state index >= 15 is 0 Å². The first-order chi connectivity index (χ1) is 9.40. The lowest BCUT2D eigenvalue weighted by atomic mass is 10.2. The number of aromatic amines is 2. The quantitative estimate of drug-likeness (QED) is 0.752. The summed E-state index contributed by atoms with van der Waals surface area (Å²) in [6, 6.07) is 10.0. The van der Waals surface area contributed by atoms with Gasteiger partial charge < -0.3 is 4.98 Å². The second-order valence-corrected chi connectivity index (χ2v) is 4.83. The number of nitrogens with one attached hydrogen (secondary N) is 2. The van der Waals surface area contributed by atoms with E-state index < -0.39 is 0 Å². The molecule has 4 rings (SSSR count). The van der Waals surface area contributed by atoms with Crippen molar-refractivity contribution in [3.8, 4) is 22.9 Å². The fourth-order valence-electron chi connectivity index (χ4n) is 2.11. The molecule has 1 aliphatic rings. The molecule has 0 saturated heterocycles. The third kappa shape index (κ3) is 1.93. The summed E-state index contributed by atoms with van der Waals surface area (Å²) in [6.07, 6.45) is 4.21. The Kier molecular flexibility index (Phi) is 2.24. The summed E-state index contributed by atoms with van der Waals surface area (Å²) in [6.45, 7) is 0. The number of H-pyrrole nitrogens is 2. The van der Waals surface area contributed by atoms with Crippen molar-refractivity contribution in [2.24, 2.45) is 0 Å². The van der Waals surface area contributed by atoms with Gasteiger partial charge in [-0.05, 0) is 12.8 Å². The van der Waals surface area contributed by atoms with Gasteiger partial charge in [-0.1, -0.05) is 30.3 Å². The van der Waals surface area contributed by atoms with Gasteiger partial charge in [0.1, 0.15) is 17.3 Å². The van der Waals surface area contributed by atoms with E-state index in [0.29, 0.717) is 11.7 Å². The fraction of sp³-hybridized carbons (Fsp3) is 0.214. The van der Waals surface area contributed by atoms with Gasteiger partial charge in [0.15, 0.2) is 5.82 Å². The van der Waals surface area contributed by atoms with Crippen LogP contribution in [0.25, 0.3) is 22.9 Å².